The van der Waals surface area contributed by atoms with Gasteiger partial charge in [0.2, 0.25) is 0 Å². The van der Waals surface area contributed by atoms with E-state index in [0.717, 1.165) is 13.1 Å². The van der Waals surface area contributed by atoms with Gasteiger partial charge >= 0.3 is 7.55 Å². The first-order chi connectivity index (χ1) is 7.16. The Kier molecular flexibility index (Phi) is 4.94. The molecule has 3 nitrogen and oxygen atoms in total. The van der Waals surface area contributed by atoms with Crippen molar-refractivity contribution in [3.8, 4) is 0 Å². The Morgan fingerprint density at radius 2 is 2.19 bits per heavy atom. The summed E-state index contributed by atoms with van der Waals surface area (Å²) in [6, 6.07) is 3.30. The first-order valence-electron chi connectivity index (χ1n) is 5.16. The number of hydrogen-bond acceptors (Lipinski definition) is 3. The largest absolute Gasteiger partial charge is 0.388 e. The van der Waals surface area contributed by atoms with Gasteiger partial charge in [-0.1, -0.05) is 13.8 Å². The molecule has 0 saturated carbocycles. The van der Waals surface area contributed by atoms with E-state index < -0.39 is 0 Å². The van der Waals surface area contributed by atoms with Crippen molar-refractivity contribution < 1.29 is 25.5 Å². The number of halogens is 1. The van der Waals surface area contributed by atoms with Crippen molar-refractivity contribution in [1.29, 1.82) is 0 Å². The maximum Gasteiger partial charge on any atom is 0.353 e. The fourth-order valence-corrected chi connectivity index (χ4v) is 1.63. The molecule has 1 fully saturated rings. The van der Waals surface area contributed by atoms with Crippen LogP contribution in [0.2, 0.25) is 0 Å². The van der Waals surface area contributed by atoms with Crippen molar-refractivity contribution in [1.82, 2.24) is 9.79 Å². The molecule has 6 heteroatoms. The standard InChI is InChI=1S/C10H14BFN3.Pt/c1-8(2)14-5-6-15(11-14)10-7-9(12)3-4-13-10;/h3-4,7-8H,5-6H2,1-2H3;. The van der Waals surface area contributed by atoms with Crippen LogP contribution in [0.5, 0.6) is 0 Å². The van der Waals surface area contributed by atoms with E-state index >= 15 is 0 Å². The zero-order valence-electron chi connectivity index (χ0n) is 9.34. The van der Waals surface area contributed by atoms with Crippen molar-refractivity contribution in [3.63, 3.8) is 0 Å². The molecular formula is C10H14BFN3Pt. The van der Waals surface area contributed by atoms with Crippen molar-refractivity contribution in [2.75, 3.05) is 17.9 Å². The van der Waals surface area contributed by atoms with E-state index in [9.17, 15) is 4.39 Å². The molecular weight excluding hydrogens is 387 g/mol. The minimum absolute atomic E-state index is 0. The number of anilines is 1. The third-order valence-electron chi connectivity index (χ3n) is 2.55. The maximum absolute atomic E-state index is 13.0. The van der Waals surface area contributed by atoms with Gasteiger partial charge in [0.1, 0.15) is 11.6 Å². The SMILES string of the molecule is CC(C)N1[B]N(c2cc(F)ccn2)CC1.[Pt]. The average Bonchev–Trinajstić information content (AvgIpc) is 2.66. The summed E-state index contributed by atoms with van der Waals surface area (Å²) >= 11 is 0. The van der Waals surface area contributed by atoms with E-state index in [0.29, 0.717) is 11.9 Å². The Bertz CT molecular complexity index is 351. The maximum atomic E-state index is 13.0. The second-order valence-electron chi connectivity index (χ2n) is 3.97. The predicted molar refractivity (Wildman–Crippen MR) is 59.1 cm³/mol. The van der Waals surface area contributed by atoms with Crippen molar-refractivity contribution in [2.45, 2.75) is 19.9 Å². The van der Waals surface area contributed by atoms with Gasteiger partial charge < -0.3 is 9.62 Å². The second-order valence-corrected chi connectivity index (χ2v) is 3.97. The van der Waals surface area contributed by atoms with E-state index in [1.54, 1.807) is 0 Å². The van der Waals surface area contributed by atoms with Crippen LogP contribution in [0.4, 0.5) is 10.2 Å². The van der Waals surface area contributed by atoms with E-state index in [1.807, 2.05) is 12.4 Å². The number of pyridine rings is 1. The molecule has 1 radical (unpaired) electrons. The second kappa shape index (κ2) is 5.78. The number of rotatable bonds is 2. The topological polar surface area (TPSA) is 19.4 Å². The Hall–Kier alpha value is -0.407. The molecule has 1 aromatic heterocycles. The summed E-state index contributed by atoms with van der Waals surface area (Å²) in [5.74, 6) is 0.439. The zero-order chi connectivity index (χ0) is 10.8. The van der Waals surface area contributed by atoms with Gasteiger partial charge in [-0.25, -0.2) is 9.37 Å². The van der Waals surface area contributed by atoms with Crippen LogP contribution in [-0.2, 0) is 21.1 Å². The van der Waals surface area contributed by atoms with Crippen molar-refractivity contribution in [3.05, 3.63) is 24.1 Å². The van der Waals surface area contributed by atoms with Crippen molar-refractivity contribution >= 4 is 13.4 Å². The molecule has 16 heavy (non-hydrogen) atoms. The summed E-state index contributed by atoms with van der Waals surface area (Å²) in [5.41, 5.74) is 0. The Morgan fingerprint density at radius 1 is 1.44 bits per heavy atom. The summed E-state index contributed by atoms with van der Waals surface area (Å²) in [6.07, 6.45) is 1.50. The van der Waals surface area contributed by atoms with Crippen LogP contribution in [0.1, 0.15) is 13.8 Å². The molecule has 89 valence electrons. The van der Waals surface area contributed by atoms with Crippen LogP contribution < -0.4 is 4.81 Å². The molecule has 2 rings (SSSR count). The van der Waals surface area contributed by atoms with Gasteiger partial charge in [0.15, 0.2) is 0 Å². The Morgan fingerprint density at radius 3 is 2.75 bits per heavy atom. The van der Waals surface area contributed by atoms with Gasteiger partial charge in [-0.2, -0.15) is 0 Å². The Balaban J connectivity index is 0.00000128. The van der Waals surface area contributed by atoms with Crippen LogP contribution in [0.3, 0.4) is 0 Å². The summed E-state index contributed by atoms with van der Waals surface area (Å²) in [6.45, 7) is 6.11. The van der Waals surface area contributed by atoms with Gasteiger partial charge in [0.25, 0.3) is 0 Å². The monoisotopic (exact) mass is 401 g/mol. The Labute approximate surface area is 111 Å². The van der Waals surface area contributed by atoms with E-state index in [-0.39, 0.29) is 26.9 Å². The fraction of sp³-hybridized carbons (Fsp3) is 0.500. The molecule has 0 unspecified atom stereocenters. The van der Waals surface area contributed by atoms with Gasteiger partial charge in [-0.15, -0.1) is 0 Å². The molecule has 0 aromatic carbocycles. The summed E-state index contributed by atoms with van der Waals surface area (Å²) in [5, 5.41) is 0. The van der Waals surface area contributed by atoms with Gasteiger partial charge in [-0.3, -0.25) is 0 Å². The van der Waals surface area contributed by atoms with Crippen LogP contribution >= 0.6 is 0 Å². The van der Waals surface area contributed by atoms with Gasteiger partial charge in [0, 0.05) is 46.4 Å². The molecule has 0 bridgehead atoms. The summed E-state index contributed by atoms with van der Waals surface area (Å²) in [4.78, 5) is 8.33. The van der Waals surface area contributed by atoms with Gasteiger partial charge in [0.05, 0.1) is 0 Å². The molecule has 2 heterocycles. The van der Waals surface area contributed by atoms with E-state index in [4.69, 9.17) is 0 Å². The quantitative estimate of drug-likeness (QED) is 0.697. The first kappa shape index (κ1) is 13.7. The molecule has 0 spiro atoms. The van der Waals surface area contributed by atoms with Crippen LogP contribution in [0.25, 0.3) is 0 Å². The zero-order valence-corrected chi connectivity index (χ0v) is 11.6. The van der Waals surface area contributed by atoms with Gasteiger partial charge in [-0.05, 0) is 12.1 Å². The predicted octanol–water partition coefficient (Wildman–Crippen LogP) is 1.28. The third-order valence-corrected chi connectivity index (χ3v) is 2.55. The minimum atomic E-state index is -0.239. The fourth-order valence-electron chi connectivity index (χ4n) is 1.63. The number of aromatic nitrogens is 1. The molecule has 1 aliphatic rings. The molecule has 1 aromatic rings. The molecule has 0 atom stereocenters. The molecule has 0 N–H and O–H groups in total. The molecule has 1 saturated heterocycles. The average molecular weight is 401 g/mol. The molecule has 1 aliphatic heterocycles. The van der Waals surface area contributed by atoms with Crippen molar-refractivity contribution in [2.24, 2.45) is 0 Å². The first-order valence-corrected chi connectivity index (χ1v) is 5.16. The molecule has 0 amide bonds. The molecule has 0 aliphatic carbocycles. The number of nitrogens with zero attached hydrogens (tertiary/aromatic N) is 3. The van der Waals surface area contributed by atoms with Crippen LogP contribution in [0, 0.1) is 5.82 Å². The summed E-state index contributed by atoms with van der Waals surface area (Å²) in [7, 11) is 2.01. The minimum Gasteiger partial charge on any atom is -0.388 e. The van der Waals surface area contributed by atoms with E-state index in [1.165, 1.54) is 18.3 Å². The van der Waals surface area contributed by atoms with Crippen LogP contribution in [0.15, 0.2) is 18.3 Å². The summed E-state index contributed by atoms with van der Waals surface area (Å²) < 4.78 is 13.0. The van der Waals surface area contributed by atoms with E-state index in [2.05, 4.69) is 23.6 Å². The third kappa shape index (κ3) is 3.05. The smallest absolute Gasteiger partial charge is 0.353 e. The normalized spacial score (nSPS) is 16.1. The van der Waals surface area contributed by atoms with Crippen LogP contribution in [-0.4, -0.2) is 36.5 Å². The number of hydrogen-bond donors (Lipinski definition) is 0.